The first kappa shape index (κ1) is 9.65. The minimum absolute atomic E-state index is 0.251. The first-order chi connectivity index (χ1) is 6.61. The molecule has 4 fully saturated rings. The molecule has 4 aliphatic rings. The van der Waals surface area contributed by atoms with Crippen molar-refractivity contribution in [2.45, 2.75) is 56.1 Å². The number of halogens is 1. The predicted molar refractivity (Wildman–Crippen MR) is 60.6 cm³/mol. The number of hydrogen-bond donors (Lipinski definition) is 0. The van der Waals surface area contributed by atoms with E-state index in [2.05, 4.69) is 29.8 Å². The highest BCUT2D eigenvalue weighted by molar-refractivity contribution is 9.09. The zero-order chi connectivity index (χ0) is 9.92. The highest BCUT2D eigenvalue weighted by Gasteiger charge is 2.56. The fraction of sp³-hybridized carbons (Fsp3) is 1.00. The Morgan fingerprint density at radius 2 is 2.07 bits per heavy atom. The first-order valence-corrected chi connectivity index (χ1v) is 6.84. The van der Waals surface area contributed by atoms with Crippen LogP contribution in [0.4, 0.5) is 0 Å². The van der Waals surface area contributed by atoms with Crippen LogP contribution in [0.1, 0.15) is 39.5 Å². The van der Waals surface area contributed by atoms with E-state index in [4.69, 9.17) is 4.74 Å². The molecule has 2 aliphatic heterocycles. The van der Waals surface area contributed by atoms with Crippen molar-refractivity contribution in [1.29, 1.82) is 0 Å². The fourth-order valence-corrected chi connectivity index (χ4v) is 4.64. The Hall–Kier alpha value is 0.440. The average Bonchev–Trinajstić information content (AvgIpc) is 2.12. The maximum absolute atomic E-state index is 6.34. The van der Waals surface area contributed by atoms with E-state index in [0.29, 0.717) is 16.8 Å². The smallest absolute Gasteiger partial charge is 0.0715 e. The summed E-state index contributed by atoms with van der Waals surface area (Å²) >= 11 is 3.83. The van der Waals surface area contributed by atoms with Crippen molar-refractivity contribution < 1.29 is 4.74 Å². The van der Waals surface area contributed by atoms with Crippen molar-refractivity contribution in [3.63, 3.8) is 0 Å². The summed E-state index contributed by atoms with van der Waals surface area (Å²) in [5.74, 6) is 2.54. The SMILES string of the molecule is CC(C)C12CC3CC(C1)C(Br)C(C3)O2. The lowest BCUT2D eigenvalue weighted by Crippen LogP contribution is -2.61. The third kappa shape index (κ3) is 1.16. The zero-order valence-corrected chi connectivity index (χ0v) is 10.6. The summed E-state index contributed by atoms with van der Waals surface area (Å²) < 4.78 is 6.34. The van der Waals surface area contributed by atoms with Gasteiger partial charge in [-0.05, 0) is 43.4 Å². The standard InChI is InChI=1S/C12H19BrO/c1-7(2)12-5-8-3-9(6-12)11(13)10(4-8)14-12/h7-11H,3-6H2,1-2H3. The van der Waals surface area contributed by atoms with E-state index >= 15 is 0 Å². The molecular weight excluding hydrogens is 240 g/mol. The number of rotatable bonds is 1. The maximum Gasteiger partial charge on any atom is 0.0715 e. The van der Waals surface area contributed by atoms with Crippen molar-refractivity contribution in [2.24, 2.45) is 17.8 Å². The molecule has 80 valence electrons. The molecule has 2 heterocycles. The van der Waals surface area contributed by atoms with Crippen LogP contribution in [0.2, 0.25) is 0 Å². The second-order valence-corrected chi connectivity index (χ2v) is 6.88. The minimum Gasteiger partial charge on any atom is -0.370 e. The van der Waals surface area contributed by atoms with Gasteiger partial charge >= 0.3 is 0 Å². The zero-order valence-electron chi connectivity index (χ0n) is 9.00. The van der Waals surface area contributed by atoms with Crippen LogP contribution in [-0.2, 0) is 4.74 Å². The lowest BCUT2D eigenvalue weighted by molar-refractivity contribution is -0.233. The molecule has 5 unspecified atom stereocenters. The van der Waals surface area contributed by atoms with E-state index in [0.717, 1.165) is 11.8 Å². The summed E-state index contributed by atoms with van der Waals surface area (Å²) in [4.78, 5) is 0.644. The highest BCUT2D eigenvalue weighted by atomic mass is 79.9. The van der Waals surface area contributed by atoms with Gasteiger partial charge in [-0.1, -0.05) is 29.8 Å². The number of hydrogen-bond acceptors (Lipinski definition) is 1. The van der Waals surface area contributed by atoms with E-state index in [1.54, 1.807) is 0 Å². The molecule has 0 N–H and O–H groups in total. The van der Waals surface area contributed by atoms with E-state index < -0.39 is 0 Å². The van der Waals surface area contributed by atoms with Gasteiger partial charge in [0.15, 0.2) is 0 Å². The Morgan fingerprint density at radius 1 is 1.29 bits per heavy atom. The maximum atomic E-state index is 6.34. The molecule has 1 nitrogen and oxygen atoms in total. The molecule has 4 rings (SSSR count). The molecule has 0 spiro atoms. The van der Waals surface area contributed by atoms with Crippen molar-refractivity contribution in [3.8, 4) is 0 Å². The average molecular weight is 259 g/mol. The highest BCUT2D eigenvalue weighted by Crippen LogP contribution is 2.57. The second-order valence-electron chi connectivity index (χ2n) is 5.83. The Morgan fingerprint density at radius 3 is 2.71 bits per heavy atom. The summed E-state index contributed by atoms with van der Waals surface area (Å²) in [6, 6.07) is 0. The van der Waals surface area contributed by atoms with Gasteiger partial charge in [-0.2, -0.15) is 0 Å². The summed E-state index contributed by atoms with van der Waals surface area (Å²) in [5, 5.41) is 0. The van der Waals surface area contributed by atoms with Crippen LogP contribution in [0.25, 0.3) is 0 Å². The Bertz CT molecular complexity index is 235. The first-order valence-electron chi connectivity index (χ1n) is 5.92. The van der Waals surface area contributed by atoms with Crippen molar-refractivity contribution >= 4 is 15.9 Å². The lowest BCUT2D eigenvalue weighted by Gasteiger charge is -2.60. The van der Waals surface area contributed by atoms with E-state index in [9.17, 15) is 0 Å². The van der Waals surface area contributed by atoms with Crippen LogP contribution in [0.5, 0.6) is 0 Å². The normalized spacial score (nSPS) is 55.7. The van der Waals surface area contributed by atoms with E-state index in [1.165, 1.54) is 25.7 Å². The summed E-state index contributed by atoms with van der Waals surface area (Å²) in [5.41, 5.74) is 0.251. The summed E-state index contributed by atoms with van der Waals surface area (Å²) in [7, 11) is 0. The molecule has 0 aromatic rings. The van der Waals surface area contributed by atoms with E-state index in [-0.39, 0.29) is 5.60 Å². The van der Waals surface area contributed by atoms with Gasteiger partial charge in [-0.3, -0.25) is 0 Å². The summed E-state index contributed by atoms with van der Waals surface area (Å²) in [6.45, 7) is 4.66. The molecule has 5 atom stereocenters. The third-order valence-corrected chi connectivity index (χ3v) is 6.02. The molecule has 0 amide bonds. The topological polar surface area (TPSA) is 9.23 Å². The van der Waals surface area contributed by atoms with Gasteiger partial charge in [-0.25, -0.2) is 0 Å². The van der Waals surface area contributed by atoms with Gasteiger partial charge in [-0.15, -0.1) is 0 Å². The van der Waals surface area contributed by atoms with Crippen LogP contribution in [-0.4, -0.2) is 16.5 Å². The van der Waals surface area contributed by atoms with Crippen LogP contribution < -0.4 is 0 Å². The second kappa shape index (κ2) is 2.98. The minimum atomic E-state index is 0.251. The Kier molecular flexibility index (Phi) is 2.05. The van der Waals surface area contributed by atoms with Gasteiger partial charge in [0.2, 0.25) is 0 Å². The Labute approximate surface area is 94.7 Å². The van der Waals surface area contributed by atoms with Gasteiger partial charge in [0.25, 0.3) is 0 Å². The van der Waals surface area contributed by atoms with Gasteiger partial charge in [0, 0.05) is 4.83 Å². The fourth-order valence-electron chi connectivity index (χ4n) is 3.91. The summed E-state index contributed by atoms with van der Waals surface area (Å²) in [6.07, 6.45) is 5.90. The molecule has 0 radical (unpaired) electrons. The van der Waals surface area contributed by atoms with E-state index in [1.807, 2.05) is 0 Å². The molecular formula is C12H19BrO. The van der Waals surface area contributed by atoms with Crippen LogP contribution in [0, 0.1) is 17.8 Å². The lowest BCUT2D eigenvalue weighted by atomic mass is 9.59. The molecule has 2 saturated carbocycles. The van der Waals surface area contributed by atoms with Crippen molar-refractivity contribution in [3.05, 3.63) is 0 Å². The molecule has 2 saturated heterocycles. The van der Waals surface area contributed by atoms with Crippen molar-refractivity contribution in [2.75, 3.05) is 0 Å². The quantitative estimate of drug-likeness (QED) is 0.656. The molecule has 14 heavy (non-hydrogen) atoms. The number of ether oxygens (including phenoxy) is 1. The molecule has 2 aliphatic carbocycles. The van der Waals surface area contributed by atoms with Crippen LogP contribution in [0.15, 0.2) is 0 Å². The molecule has 2 heteroatoms. The monoisotopic (exact) mass is 258 g/mol. The van der Waals surface area contributed by atoms with Crippen molar-refractivity contribution in [1.82, 2.24) is 0 Å². The van der Waals surface area contributed by atoms with Gasteiger partial charge in [0.05, 0.1) is 11.7 Å². The van der Waals surface area contributed by atoms with Crippen LogP contribution >= 0.6 is 15.9 Å². The molecule has 4 bridgehead atoms. The van der Waals surface area contributed by atoms with Crippen LogP contribution in [0.3, 0.4) is 0 Å². The molecule has 0 aromatic carbocycles. The third-order valence-electron chi connectivity index (χ3n) is 4.69. The molecule has 0 aromatic heterocycles. The predicted octanol–water partition coefficient (Wildman–Crippen LogP) is 3.36. The number of alkyl halides is 1. The van der Waals surface area contributed by atoms with Gasteiger partial charge in [0.1, 0.15) is 0 Å². The largest absolute Gasteiger partial charge is 0.370 e. The Balaban J connectivity index is 1.92. The van der Waals surface area contributed by atoms with Gasteiger partial charge < -0.3 is 4.74 Å².